The van der Waals surface area contributed by atoms with Gasteiger partial charge < -0.3 is 11.1 Å². The number of nitrogens with two attached hydrogens (primary N) is 1. The van der Waals surface area contributed by atoms with Crippen molar-refractivity contribution in [2.45, 2.75) is 13.5 Å². The van der Waals surface area contributed by atoms with Gasteiger partial charge in [0, 0.05) is 24.1 Å². The first-order chi connectivity index (χ1) is 7.75. The molecule has 0 spiro atoms. The van der Waals surface area contributed by atoms with Crippen LogP contribution in [-0.4, -0.2) is 21.5 Å². The summed E-state index contributed by atoms with van der Waals surface area (Å²) in [6.45, 7) is 3.58. The normalized spacial score (nSPS) is 10.3. The van der Waals surface area contributed by atoms with Gasteiger partial charge in [-0.05, 0) is 24.6 Å². The Balaban J connectivity index is 1.87. The molecule has 1 heterocycles. The zero-order valence-corrected chi connectivity index (χ0v) is 9.22. The SMILES string of the molecule is Cc1ccc(NCCn2ccnn2)cc1N. The predicted octanol–water partition coefficient (Wildman–Crippen LogP) is 1.28. The van der Waals surface area contributed by atoms with Gasteiger partial charge in [-0.15, -0.1) is 5.10 Å². The van der Waals surface area contributed by atoms with Crippen molar-refractivity contribution in [3.63, 3.8) is 0 Å². The van der Waals surface area contributed by atoms with E-state index in [1.165, 1.54) is 0 Å². The molecule has 0 saturated carbocycles. The van der Waals surface area contributed by atoms with Crippen molar-refractivity contribution >= 4 is 11.4 Å². The van der Waals surface area contributed by atoms with E-state index in [1.54, 1.807) is 10.9 Å². The Morgan fingerprint density at radius 3 is 3.00 bits per heavy atom. The minimum Gasteiger partial charge on any atom is -0.398 e. The number of benzene rings is 1. The first-order valence-electron chi connectivity index (χ1n) is 5.20. The number of anilines is 2. The molecular weight excluding hydrogens is 202 g/mol. The standard InChI is InChI=1S/C11H15N5/c1-9-2-3-10(8-11(9)12)13-4-6-16-7-5-14-15-16/h2-3,5,7-8,13H,4,6,12H2,1H3. The molecule has 1 aromatic heterocycles. The molecule has 0 atom stereocenters. The number of nitrogens with zero attached hydrogens (tertiary/aromatic N) is 3. The molecule has 0 radical (unpaired) electrons. The first-order valence-corrected chi connectivity index (χ1v) is 5.20. The number of nitrogen functional groups attached to an aromatic ring is 1. The molecule has 3 N–H and O–H groups in total. The van der Waals surface area contributed by atoms with Crippen LogP contribution in [0.1, 0.15) is 5.56 Å². The second kappa shape index (κ2) is 4.65. The van der Waals surface area contributed by atoms with Crippen LogP contribution in [-0.2, 0) is 6.54 Å². The fourth-order valence-electron chi connectivity index (χ4n) is 1.42. The maximum atomic E-state index is 5.82. The number of rotatable bonds is 4. The highest BCUT2D eigenvalue weighted by Crippen LogP contribution is 2.16. The van der Waals surface area contributed by atoms with E-state index in [0.29, 0.717) is 0 Å². The van der Waals surface area contributed by atoms with Gasteiger partial charge in [0.25, 0.3) is 0 Å². The molecule has 0 fully saturated rings. The van der Waals surface area contributed by atoms with Gasteiger partial charge in [-0.25, -0.2) is 0 Å². The van der Waals surface area contributed by atoms with Crippen LogP contribution in [0, 0.1) is 6.92 Å². The molecule has 16 heavy (non-hydrogen) atoms. The van der Waals surface area contributed by atoms with Gasteiger partial charge in [0.05, 0.1) is 12.7 Å². The molecule has 0 saturated heterocycles. The van der Waals surface area contributed by atoms with Crippen LogP contribution in [0.15, 0.2) is 30.6 Å². The summed E-state index contributed by atoms with van der Waals surface area (Å²) in [7, 11) is 0. The Kier molecular flexibility index (Phi) is 3.05. The van der Waals surface area contributed by atoms with E-state index in [4.69, 9.17) is 5.73 Å². The molecule has 2 aromatic rings. The van der Waals surface area contributed by atoms with Gasteiger partial charge in [0.1, 0.15) is 0 Å². The van der Waals surface area contributed by atoms with Crippen molar-refractivity contribution in [2.75, 3.05) is 17.6 Å². The van der Waals surface area contributed by atoms with Crippen LogP contribution in [0.3, 0.4) is 0 Å². The van der Waals surface area contributed by atoms with Gasteiger partial charge >= 0.3 is 0 Å². The fraction of sp³-hybridized carbons (Fsp3) is 0.273. The molecule has 0 aliphatic rings. The van der Waals surface area contributed by atoms with Gasteiger partial charge in [-0.2, -0.15) is 0 Å². The minimum atomic E-state index is 0.785. The Hall–Kier alpha value is -2.04. The van der Waals surface area contributed by atoms with E-state index in [-0.39, 0.29) is 0 Å². The van der Waals surface area contributed by atoms with E-state index in [0.717, 1.165) is 30.0 Å². The molecule has 0 bridgehead atoms. The number of aryl methyl sites for hydroxylation is 1. The zero-order chi connectivity index (χ0) is 11.4. The van der Waals surface area contributed by atoms with Crippen LogP contribution in [0.2, 0.25) is 0 Å². The quantitative estimate of drug-likeness (QED) is 0.757. The smallest absolute Gasteiger partial charge is 0.0692 e. The first kappa shape index (κ1) is 10.5. The molecule has 5 nitrogen and oxygen atoms in total. The summed E-state index contributed by atoms with van der Waals surface area (Å²) < 4.78 is 1.78. The van der Waals surface area contributed by atoms with Gasteiger partial charge in [0.15, 0.2) is 0 Å². The van der Waals surface area contributed by atoms with Gasteiger partial charge in [-0.1, -0.05) is 11.3 Å². The highest BCUT2D eigenvalue weighted by Gasteiger charge is 1.96. The summed E-state index contributed by atoms with van der Waals surface area (Å²) >= 11 is 0. The van der Waals surface area contributed by atoms with E-state index in [9.17, 15) is 0 Å². The van der Waals surface area contributed by atoms with E-state index >= 15 is 0 Å². The molecule has 0 unspecified atom stereocenters. The number of hydrogen-bond acceptors (Lipinski definition) is 4. The third-order valence-electron chi connectivity index (χ3n) is 2.42. The number of hydrogen-bond donors (Lipinski definition) is 2. The minimum absolute atomic E-state index is 0.785. The molecule has 0 aliphatic carbocycles. The highest BCUT2D eigenvalue weighted by atomic mass is 15.4. The van der Waals surface area contributed by atoms with Crippen LogP contribution < -0.4 is 11.1 Å². The highest BCUT2D eigenvalue weighted by molar-refractivity contribution is 5.58. The topological polar surface area (TPSA) is 68.8 Å². The molecule has 0 amide bonds. The Labute approximate surface area is 94.3 Å². The molecule has 1 aromatic carbocycles. The summed E-state index contributed by atoms with van der Waals surface area (Å²) in [6.07, 6.45) is 3.51. The Morgan fingerprint density at radius 1 is 1.44 bits per heavy atom. The molecular formula is C11H15N5. The average Bonchev–Trinajstić information content (AvgIpc) is 2.76. The van der Waals surface area contributed by atoms with Crippen molar-refractivity contribution in [3.05, 3.63) is 36.2 Å². The van der Waals surface area contributed by atoms with E-state index in [2.05, 4.69) is 15.6 Å². The number of nitrogens with one attached hydrogen (secondary N) is 1. The van der Waals surface area contributed by atoms with Crippen LogP contribution in [0.4, 0.5) is 11.4 Å². The second-order valence-corrected chi connectivity index (χ2v) is 3.66. The molecule has 84 valence electrons. The predicted molar refractivity (Wildman–Crippen MR) is 64.1 cm³/mol. The average molecular weight is 217 g/mol. The lowest BCUT2D eigenvalue weighted by atomic mass is 10.2. The summed E-state index contributed by atoms with van der Waals surface area (Å²) in [5.74, 6) is 0. The van der Waals surface area contributed by atoms with Crippen molar-refractivity contribution in [2.24, 2.45) is 0 Å². The third kappa shape index (κ3) is 2.50. The van der Waals surface area contributed by atoms with Crippen molar-refractivity contribution in [3.8, 4) is 0 Å². The maximum absolute atomic E-state index is 5.82. The van der Waals surface area contributed by atoms with Crippen molar-refractivity contribution in [1.29, 1.82) is 0 Å². The summed E-state index contributed by atoms with van der Waals surface area (Å²) in [5, 5.41) is 10.9. The van der Waals surface area contributed by atoms with E-state index < -0.39 is 0 Å². The van der Waals surface area contributed by atoms with Gasteiger partial charge in [-0.3, -0.25) is 4.68 Å². The fourth-order valence-corrected chi connectivity index (χ4v) is 1.42. The molecule has 0 aliphatic heterocycles. The second-order valence-electron chi connectivity index (χ2n) is 3.66. The van der Waals surface area contributed by atoms with Gasteiger partial charge in [0.2, 0.25) is 0 Å². The molecule has 5 heteroatoms. The van der Waals surface area contributed by atoms with Crippen LogP contribution >= 0.6 is 0 Å². The van der Waals surface area contributed by atoms with Crippen molar-refractivity contribution < 1.29 is 0 Å². The lowest BCUT2D eigenvalue weighted by molar-refractivity contribution is 0.609. The van der Waals surface area contributed by atoms with Crippen LogP contribution in [0.5, 0.6) is 0 Å². The summed E-state index contributed by atoms with van der Waals surface area (Å²) in [4.78, 5) is 0. The number of aromatic nitrogens is 3. The Bertz CT molecular complexity index is 449. The van der Waals surface area contributed by atoms with E-state index in [1.807, 2.05) is 31.3 Å². The Morgan fingerprint density at radius 2 is 2.31 bits per heavy atom. The van der Waals surface area contributed by atoms with Crippen LogP contribution in [0.25, 0.3) is 0 Å². The largest absolute Gasteiger partial charge is 0.398 e. The maximum Gasteiger partial charge on any atom is 0.0692 e. The monoisotopic (exact) mass is 217 g/mol. The molecule has 2 rings (SSSR count). The summed E-state index contributed by atoms with van der Waals surface area (Å²) in [5.41, 5.74) is 8.76. The van der Waals surface area contributed by atoms with Crippen molar-refractivity contribution in [1.82, 2.24) is 15.0 Å². The lowest BCUT2D eigenvalue weighted by Crippen LogP contribution is -2.11. The third-order valence-corrected chi connectivity index (χ3v) is 2.42. The zero-order valence-electron chi connectivity index (χ0n) is 9.22. The summed E-state index contributed by atoms with van der Waals surface area (Å²) in [6, 6.07) is 5.97. The lowest BCUT2D eigenvalue weighted by Gasteiger charge is -2.08.